The molecule has 0 bridgehead atoms. The van der Waals surface area contributed by atoms with Gasteiger partial charge in [0.15, 0.2) is 0 Å². The van der Waals surface area contributed by atoms with Gasteiger partial charge < -0.3 is 14.7 Å². The molecule has 3 aliphatic rings. The fraction of sp³-hybridized carbons (Fsp3) is 0.889. The molecule has 3 nitrogen and oxygen atoms in total. The van der Waals surface area contributed by atoms with Gasteiger partial charge in [0, 0.05) is 0 Å². The lowest BCUT2D eigenvalue weighted by molar-refractivity contribution is -0.910. The van der Waals surface area contributed by atoms with Gasteiger partial charge in [-0.25, -0.2) is 0 Å². The lowest BCUT2D eigenvalue weighted by atomic mass is 9.53. The first-order chi connectivity index (χ1) is 27.8. The average Bonchev–Trinajstić information content (AvgIpc) is 3.47. The van der Waals surface area contributed by atoms with Gasteiger partial charge in [-0.3, -0.25) is 0 Å². The second kappa shape index (κ2) is 28.8. The van der Waals surface area contributed by atoms with Crippen molar-refractivity contribution < 1.29 is 14.7 Å². The molecule has 3 unspecified atom stereocenters. The molecule has 4 heteroatoms. The largest absolute Gasteiger partial charge is 0.872 e. The van der Waals surface area contributed by atoms with Crippen LogP contribution in [-0.4, -0.2) is 41.9 Å². The fourth-order valence-corrected chi connectivity index (χ4v) is 12.5. The molecule has 5 atom stereocenters. The number of rotatable bonds is 34. The Kier molecular flexibility index (Phi) is 25.6. The zero-order valence-electron chi connectivity index (χ0n) is 39.3. The molecule has 0 radical (unpaired) electrons. The van der Waals surface area contributed by atoms with Gasteiger partial charge in [-0.1, -0.05) is 193 Å². The van der Waals surface area contributed by atoms with Gasteiger partial charge in [0.2, 0.25) is 0 Å². The van der Waals surface area contributed by atoms with Gasteiger partial charge in [0.1, 0.15) is 0 Å². The maximum atomic E-state index is 12.5. The number of benzene rings is 1. The van der Waals surface area contributed by atoms with Crippen LogP contribution in [0.3, 0.4) is 0 Å². The third-order valence-electron chi connectivity index (χ3n) is 16.4. The third-order valence-corrected chi connectivity index (χ3v) is 16.4. The van der Waals surface area contributed by atoms with Gasteiger partial charge in [0.25, 0.3) is 0 Å². The minimum Gasteiger partial charge on any atom is -0.872 e. The number of nitrogens with zero attached hydrogens (tertiary/aromatic N) is 1. The summed E-state index contributed by atoms with van der Waals surface area (Å²) in [6.07, 6.45) is 48.9. The molecule has 1 aromatic carbocycles. The van der Waals surface area contributed by atoms with Crippen molar-refractivity contribution in [2.24, 2.45) is 17.3 Å². The highest BCUT2D eigenvalue weighted by Crippen LogP contribution is 2.65. The Balaban J connectivity index is 0.00000900. The summed E-state index contributed by atoms with van der Waals surface area (Å²) < 4.78 is 1.22. The minimum atomic E-state index is -0.517. The van der Waals surface area contributed by atoms with Crippen LogP contribution in [0.2, 0.25) is 0 Å². The quantitative estimate of drug-likeness (QED) is 0.0555. The standard InChI is InChI=1S/C54H97NO2.ClH/c1-5-7-9-11-13-15-17-19-21-23-25-27-29-31-43-55(4,44-32-30-28-26-24-22-20-18-16-14-12-10-8-6-2)45-33-40-54(57)42-39-52-51-36-34-47-46-48(56)35-37-49(47)50(51)38-41-53(52,54)3;/h35,37,46,50-52,57H,5-34,36,38-45H2,1-4H3;1H/t50?,51?,52?,53-,54-;/m0./s1. The Labute approximate surface area is 368 Å². The van der Waals surface area contributed by atoms with Crippen LogP contribution < -0.4 is 5.11 Å². The Morgan fingerprint density at radius 2 is 1.02 bits per heavy atom. The van der Waals surface area contributed by atoms with Crippen molar-refractivity contribution in [1.29, 1.82) is 0 Å². The maximum absolute atomic E-state index is 12.5. The van der Waals surface area contributed by atoms with Crippen molar-refractivity contribution in [2.75, 3.05) is 26.7 Å². The van der Waals surface area contributed by atoms with E-state index in [1.165, 1.54) is 234 Å². The molecule has 3 aliphatic carbocycles. The number of unbranched alkanes of at least 4 members (excludes halogenated alkanes) is 26. The molecule has 0 amide bonds. The zero-order chi connectivity index (χ0) is 40.7. The van der Waals surface area contributed by atoms with Crippen LogP contribution in [0.15, 0.2) is 18.2 Å². The molecule has 1 N–H and O–H groups in total. The molecular weight excluding hydrogens is 730 g/mol. The minimum absolute atomic E-state index is 0. The summed E-state index contributed by atoms with van der Waals surface area (Å²) in [6, 6.07) is 5.87. The fourth-order valence-electron chi connectivity index (χ4n) is 12.5. The molecule has 58 heavy (non-hydrogen) atoms. The topological polar surface area (TPSA) is 43.3 Å². The van der Waals surface area contributed by atoms with Gasteiger partial charge in [0.05, 0.1) is 32.3 Å². The Bertz CT molecular complexity index is 1160. The van der Waals surface area contributed by atoms with Gasteiger partial charge in [-0.2, -0.15) is 0 Å². The van der Waals surface area contributed by atoms with E-state index in [1.807, 2.05) is 6.07 Å². The van der Waals surface area contributed by atoms with E-state index in [-0.39, 0.29) is 23.6 Å². The van der Waals surface area contributed by atoms with Gasteiger partial charge in [-0.05, 0) is 111 Å². The zero-order valence-corrected chi connectivity index (χ0v) is 40.1. The van der Waals surface area contributed by atoms with Crippen molar-refractivity contribution >= 4 is 12.4 Å². The van der Waals surface area contributed by atoms with Crippen LogP contribution in [-0.2, 0) is 6.42 Å². The Morgan fingerprint density at radius 1 is 0.586 bits per heavy atom. The second-order valence-corrected chi connectivity index (χ2v) is 20.9. The van der Waals surface area contributed by atoms with Crippen LogP contribution in [0.25, 0.3) is 0 Å². The summed E-state index contributed by atoms with van der Waals surface area (Å²) in [4.78, 5) is 0. The summed E-state index contributed by atoms with van der Waals surface area (Å²) >= 11 is 0. The number of halogens is 1. The SMILES string of the molecule is CCCCCCCCCCCCCCCC[N+](C)(CCCCCCCCCCCCCCCC)CCC[C@]1(O)CCC2C3CCc4cc([O-])ccc4C3CC[C@@]21C.Cl. The summed E-state index contributed by atoms with van der Waals surface area (Å²) in [6.45, 7) is 11.0. The van der Waals surface area contributed by atoms with E-state index >= 15 is 0 Å². The third kappa shape index (κ3) is 16.8. The maximum Gasteiger partial charge on any atom is 0.0785 e. The summed E-state index contributed by atoms with van der Waals surface area (Å²) in [7, 11) is 2.58. The average molecular weight is 829 g/mol. The number of aliphatic hydroxyl groups is 1. The van der Waals surface area contributed by atoms with E-state index in [2.05, 4.69) is 33.9 Å². The second-order valence-electron chi connectivity index (χ2n) is 20.9. The van der Waals surface area contributed by atoms with E-state index in [9.17, 15) is 10.2 Å². The van der Waals surface area contributed by atoms with Crippen molar-refractivity contribution in [1.82, 2.24) is 0 Å². The summed E-state index contributed by atoms with van der Waals surface area (Å²) in [5.41, 5.74) is 2.30. The van der Waals surface area contributed by atoms with E-state index < -0.39 is 5.60 Å². The van der Waals surface area contributed by atoms with Gasteiger partial charge >= 0.3 is 0 Å². The van der Waals surface area contributed by atoms with Crippen LogP contribution in [0, 0.1) is 17.3 Å². The summed E-state index contributed by atoms with van der Waals surface area (Å²) in [5.74, 6) is 2.05. The lowest BCUT2D eigenvalue weighted by Gasteiger charge is -2.53. The highest BCUT2D eigenvalue weighted by molar-refractivity contribution is 5.85. The molecule has 2 saturated carbocycles. The predicted molar refractivity (Wildman–Crippen MR) is 253 cm³/mol. The number of hydrogen-bond donors (Lipinski definition) is 1. The molecule has 338 valence electrons. The van der Waals surface area contributed by atoms with Crippen molar-refractivity contribution in [3.05, 3.63) is 29.3 Å². The first-order valence-corrected chi connectivity index (χ1v) is 26.1. The van der Waals surface area contributed by atoms with E-state index in [1.54, 1.807) is 6.07 Å². The molecular formula is C54H98ClNO2. The molecule has 0 heterocycles. The van der Waals surface area contributed by atoms with E-state index in [0.717, 1.165) is 32.1 Å². The number of hydrogen-bond acceptors (Lipinski definition) is 2. The molecule has 0 spiro atoms. The first kappa shape index (κ1) is 51.6. The normalized spacial score (nSPS) is 24.0. The molecule has 0 saturated heterocycles. The first-order valence-electron chi connectivity index (χ1n) is 26.1. The number of quaternary nitrogens is 1. The molecule has 0 aliphatic heterocycles. The smallest absolute Gasteiger partial charge is 0.0785 e. The highest BCUT2D eigenvalue weighted by atomic mass is 35.5. The molecule has 0 aromatic heterocycles. The molecule has 4 rings (SSSR count). The number of aryl methyl sites for hydroxylation is 1. The predicted octanol–water partition coefficient (Wildman–Crippen LogP) is 16.0. The molecule has 1 aromatic rings. The van der Waals surface area contributed by atoms with Crippen LogP contribution in [0.5, 0.6) is 5.75 Å². The monoisotopic (exact) mass is 828 g/mol. The Morgan fingerprint density at radius 3 is 1.48 bits per heavy atom. The van der Waals surface area contributed by atoms with Crippen molar-refractivity contribution in [3.8, 4) is 5.75 Å². The van der Waals surface area contributed by atoms with E-state index in [0.29, 0.717) is 17.8 Å². The lowest BCUT2D eigenvalue weighted by Crippen LogP contribution is -2.52. The highest BCUT2D eigenvalue weighted by Gasteiger charge is 2.61. The summed E-state index contributed by atoms with van der Waals surface area (Å²) in [5, 5.41) is 24.6. The van der Waals surface area contributed by atoms with Gasteiger partial charge in [-0.15, -0.1) is 18.2 Å². The van der Waals surface area contributed by atoms with Crippen molar-refractivity contribution in [2.45, 2.75) is 263 Å². The van der Waals surface area contributed by atoms with Crippen LogP contribution in [0.4, 0.5) is 0 Å². The number of fused-ring (bicyclic) bond motifs is 5. The van der Waals surface area contributed by atoms with Crippen LogP contribution in [0.1, 0.15) is 263 Å². The van der Waals surface area contributed by atoms with Crippen molar-refractivity contribution in [3.63, 3.8) is 0 Å². The molecule has 2 fully saturated rings. The Hall–Kier alpha value is -0.770. The van der Waals surface area contributed by atoms with Crippen LogP contribution >= 0.6 is 12.4 Å². The van der Waals surface area contributed by atoms with E-state index in [4.69, 9.17) is 0 Å².